The Morgan fingerprint density at radius 3 is 2.83 bits per heavy atom. The second-order valence-corrected chi connectivity index (χ2v) is 7.05. The van der Waals surface area contributed by atoms with Crippen molar-refractivity contribution >= 4 is 16.6 Å². The highest BCUT2D eigenvalue weighted by atomic mass is 14.8. The first-order chi connectivity index (χ1) is 11.4. The van der Waals surface area contributed by atoms with Crippen LogP contribution in [0.25, 0.3) is 10.9 Å². The lowest BCUT2D eigenvalue weighted by molar-refractivity contribution is 0.444. The Balaban J connectivity index is 1.75. The molecule has 1 heterocycles. The van der Waals surface area contributed by atoms with Gasteiger partial charge in [0, 0.05) is 10.9 Å². The fraction of sp³-hybridized carbons (Fsp3) is 0.476. The van der Waals surface area contributed by atoms with Gasteiger partial charge < -0.3 is 4.98 Å². The van der Waals surface area contributed by atoms with Gasteiger partial charge in [-0.15, -0.1) is 6.58 Å². The van der Waals surface area contributed by atoms with Crippen LogP contribution < -0.4 is 0 Å². The first-order valence-corrected chi connectivity index (χ1v) is 9.16. The highest BCUT2D eigenvalue weighted by molar-refractivity contribution is 6.06. The highest BCUT2D eigenvalue weighted by Gasteiger charge is 2.22. The molecule has 0 spiro atoms. The molecule has 2 nitrogen and oxygen atoms in total. The summed E-state index contributed by atoms with van der Waals surface area (Å²) < 4.78 is 0. The predicted octanol–water partition coefficient (Wildman–Crippen LogP) is 5.53. The largest absolute Gasteiger partial charge is 0.353 e. The Labute approximate surface area is 138 Å². The number of rotatable bonds is 3. The molecule has 1 aromatic carbocycles. The van der Waals surface area contributed by atoms with Crippen LogP contribution in [0.15, 0.2) is 35.8 Å². The minimum Gasteiger partial charge on any atom is -0.353 e. The molecule has 0 unspecified atom stereocenters. The van der Waals surface area contributed by atoms with Crippen LogP contribution >= 0.6 is 0 Å². The minimum atomic E-state index is 0.720. The first kappa shape index (κ1) is 14.7. The molecule has 1 N–H and O–H groups in total. The maximum absolute atomic E-state index is 4.72. The average molecular weight is 306 g/mol. The average Bonchev–Trinajstić information content (AvgIpc) is 2.99. The SMILES string of the molecule is C=CCN=C1CCCc2c1[nH]c1ccc(C3CCCCC3)cc21. The lowest BCUT2D eigenvalue weighted by Gasteiger charge is -2.22. The molecule has 1 aromatic heterocycles. The molecule has 0 amide bonds. The summed E-state index contributed by atoms with van der Waals surface area (Å²) >= 11 is 0. The zero-order chi connectivity index (χ0) is 15.6. The summed E-state index contributed by atoms with van der Waals surface area (Å²) in [6.07, 6.45) is 12.3. The van der Waals surface area contributed by atoms with Gasteiger partial charge in [-0.3, -0.25) is 4.99 Å². The standard InChI is InChI=1S/C21H26N2/c1-2-13-22-20-10-6-9-17-18-14-16(15-7-4-3-5-8-15)11-12-19(18)23-21(17)20/h2,11-12,14-15,23H,1,3-10,13H2. The number of fused-ring (bicyclic) bond motifs is 3. The van der Waals surface area contributed by atoms with E-state index in [-0.39, 0.29) is 0 Å². The second kappa shape index (κ2) is 6.35. The molecule has 2 heteroatoms. The Morgan fingerprint density at radius 1 is 1.13 bits per heavy atom. The summed E-state index contributed by atoms with van der Waals surface area (Å²) in [6.45, 7) is 4.51. The lowest BCUT2D eigenvalue weighted by Crippen LogP contribution is -2.11. The molecule has 1 fully saturated rings. The van der Waals surface area contributed by atoms with Crippen LogP contribution in [0.2, 0.25) is 0 Å². The molecular formula is C21H26N2. The number of aliphatic imine (C=N–C) groups is 1. The molecule has 0 atom stereocenters. The second-order valence-electron chi connectivity index (χ2n) is 7.05. The molecule has 0 bridgehead atoms. The van der Waals surface area contributed by atoms with Gasteiger partial charge in [-0.05, 0) is 61.3 Å². The summed E-state index contributed by atoms with van der Waals surface area (Å²) in [5, 5.41) is 1.44. The van der Waals surface area contributed by atoms with E-state index in [0.717, 1.165) is 18.9 Å². The summed E-state index contributed by atoms with van der Waals surface area (Å²) in [5.41, 5.74) is 6.85. The van der Waals surface area contributed by atoms with Crippen molar-refractivity contribution in [1.82, 2.24) is 4.98 Å². The Bertz CT molecular complexity index is 745. The van der Waals surface area contributed by atoms with Gasteiger partial charge in [-0.2, -0.15) is 0 Å². The number of aryl methyl sites for hydroxylation is 1. The van der Waals surface area contributed by atoms with Gasteiger partial charge in [0.05, 0.1) is 18.0 Å². The molecule has 120 valence electrons. The number of hydrogen-bond acceptors (Lipinski definition) is 1. The third-order valence-corrected chi connectivity index (χ3v) is 5.55. The molecule has 0 saturated heterocycles. The maximum atomic E-state index is 4.72. The van der Waals surface area contributed by atoms with E-state index >= 15 is 0 Å². The molecule has 0 aliphatic heterocycles. The number of aromatic nitrogens is 1. The number of H-pyrrole nitrogens is 1. The normalized spacial score (nSPS) is 20.8. The summed E-state index contributed by atoms with van der Waals surface area (Å²) in [7, 11) is 0. The van der Waals surface area contributed by atoms with E-state index in [1.807, 2.05) is 6.08 Å². The van der Waals surface area contributed by atoms with Gasteiger partial charge in [0.15, 0.2) is 0 Å². The zero-order valence-corrected chi connectivity index (χ0v) is 13.9. The molecule has 2 aliphatic rings. The quantitative estimate of drug-likeness (QED) is 0.723. The van der Waals surface area contributed by atoms with Crippen molar-refractivity contribution in [2.45, 2.75) is 57.3 Å². The number of hydrogen-bond donors (Lipinski definition) is 1. The van der Waals surface area contributed by atoms with Crippen LogP contribution in [0, 0.1) is 0 Å². The van der Waals surface area contributed by atoms with Crippen LogP contribution in [0.1, 0.15) is 67.7 Å². The number of nitrogens with one attached hydrogen (secondary N) is 1. The number of nitrogens with zero attached hydrogens (tertiary/aromatic N) is 1. The monoisotopic (exact) mass is 306 g/mol. The van der Waals surface area contributed by atoms with Crippen molar-refractivity contribution < 1.29 is 0 Å². The van der Waals surface area contributed by atoms with Crippen LogP contribution in [0.3, 0.4) is 0 Å². The van der Waals surface area contributed by atoms with Crippen molar-refractivity contribution in [3.8, 4) is 0 Å². The van der Waals surface area contributed by atoms with Gasteiger partial charge in [-0.25, -0.2) is 0 Å². The van der Waals surface area contributed by atoms with E-state index in [9.17, 15) is 0 Å². The fourth-order valence-corrected chi connectivity index (χ4v) is 4.35. The van der Waals surface area contributed by atoms with E-state index in [1.165, 1.54) is 72.8 Å². The maximum Gasteiger partial charge on any atom is 0.0638 e. The van der Waals surface area contributed by atoms with Gasteiger partial charge >= 0.3 is 0 Å². The Kier molecular flexibility index (Phi) is 4.07. The zero-order valence-electron chi connectivity index (χ0n) is 13.9. The van der Waals surface area contributed by atoms with Gasteiger partial charge in [0.1, 0.15) is 0 Å². The molecule has 2 aliphatic carbocycles. The topological polar surface area (TPSA) is 28.1 Å². The van der Waals surface area contributed by atoms with Crippen molar-refractivity contribution in [1.29, 1.82) is 0 Å². The predicted molar refractivity (Wildman–Crippen MR) is 98.7 cm³/mol. The lowest BCUT2D eigenvalue weighted by atomic mass is 9.83. The van der Waals surface area contributed by atoms with E-state index < -0.39 is 0 Å². The molecule has 4 rings (SSSR count). The Morgan fingerprint density at radius 2 is 2.00 bits per heavy atom. The summed E-state index contributed by atoms with van der Waals surface area (Å²) in [6, 6.07) is 7.11. The molecule has 1 saturated carbocycles. The van der Waals surface area contributed by atoms with Crippen molar-refractivity contribution in [2.75, 3.05) is 6.54 Å². The van der Waals surface area contributed by atoms with Gasteiger partial charge in [0.25, 0.3) is 0 Å². The van der Waals surface area contributed by atoms with E-state index in [0.29, 0.717) is 0 Å². The van der Waals surface area contributed by atoms with Gasteiger partial charge in [-0.1, -0.05) is 31.4 Å². The van der Waals surface area contributed by atoms with E-state index in [4.69, 9.17) is 4.99 Å². The molecular weight excluding hydrogens is 280 g/mol. The first-order valence-electron chi connectivity index (χ1n) is 9.16. The van der Waals surface area contributed by atoms with Crippen LogP contribution in [-0.2, 0) is 6.42 Å². The smallest absolute Gasteiger partial charge is 0.0638 e. The fourth-order valence-electron chi connectivity index (χ4n) is 4.35. The number of aromatic amines is 1. The molecule has 0 radical (unpaired) electrons. The summed E-state index contributed by atoms with van der Waals surface area (Å²) in [5.74, 6) is 0.774. The van der Waals surface area contributed by atoms with Crippen molar-refractivity contribution in [2.24, 2.45) is 4.99 Å². The van der Waals surface area contributed by atoms with Crippen LogP contribution in [-0.4, -0.2) is 17.2 Å². The van der Waals surface area contributed by atoms with Crippen molar-refractivity contribution in [3.05, 3.63) is 47.7 Å². The Hall–Kier alpha value is -1.83. The third kappa shape index (κ3) is 2.75. The van der Waals surface area contributed by atoms with E-state index in [1.54, 1.807) is 5.56 Å². The van der Waals surface area contributed by atoms with Gasteiger partial charge in [0.2, 0.25) is 0 Å². The number of benzene rings is 1. The van der Waals surface area contributed by atoms with Crippen molar-refractivity contribution in [3.63, 3.8) is 0 Å². The molecule has 2 aromatic rings. The minimum absolute atomic E-state index is 0.720. The summed E-state index contributed by atoms with van der Waals surface area (Å²) in [4.78, 5) is 8.36. The third-order valence-electron chi connectivity index (χ3n) is 5.55. The van der Waals surface area contributed by atoms with Crippen LogP contribution in [0.4, 0.5) is 0 Å². The highest BCUT2D eigenvalue weighted by Crippen LogP contribution is 2.36. The van der Waals surface area contributed by atoms with Crippen LogP contribution in [0.5, 0.6) is 0 Å². The van der Waals surface area contributed by atoms with E-state index in [2.05, 4.69) is 29.8 Å². The molecule has 23 heavy (non-hydrogen) atoms.